The van der Waals surface area contributed by atoms with Crippen LogP contribution in [-0.2, 0) is 9.59 Å². The lowest BCUT2D eigenvalue weighted by Crippen LogP contribution is -2.39. The third-order valence-electron chi connectivity index (χ3n) is 4.45. The van der Waals surface area contributed by atoms with E-state index in [1.807, 2.05) is 11.0 Å². The summed E-state index contributed by atoms with van der Waals surface area (Å²) < 4.78 is 0. The minimum Gasteiger partial charge on any atom is -0.399 e. The van der Waals surface area contributed by atoms with Gasteiger partial charge < -0.3 is 15.7 Å². The van der Waals surface area contributed by atoms with Gasteiger partial charge in [0.25, 0.3) is 5.91 Å². The molecule has 138 valence electrons. The quantitative estimate of drug-likeness (QED) is 0.473. The van der Waals surface area contributed by atoms with Gasteiger partial charge in [-0.25, -0.2) is 4.90 Å². The molecule has 0 bridgehead atoms. The molecule has 0 aliphatic carbocycles. The maximum absolute atomic E-state index is 12.8. The standard InChI is InChI=1S/C19H24N4O3/c1-14(25)23(18-7-5-16(21)6-8-18)19(26)15(12-20)13-22-10-3-2-4-17(22)9-11-24/h5-8,13,17,24H,2-4,9-11,21H2,1H3/b15-13-. The normalized spacial score (nSPS) is 17.5. The predicted molar refractivity (Wildman–Crippen MR) is 98.8 cm³/mol. The van der Waals surface area contributed by atoms with E-state index in [9.17, 15) is 20.0 Å². The summed E-state index contributed by atoms with van der Waals surface area (Å²) in [5.74, 6) is -1.15. The maximum atomic E-state index is 12.8. The van der Waals surface area contributed by atoms with E-state index in [0.29, 0.717) is 24.3 Å². The van der Waals surface area contributed by atoms with Gasteiger partial charge in [0.05, 0.1) is 5.69 Å². The number of benzene rings is 1. The molecule has 3 N–H and O–H groups in total. The van der Waals surface area contributed by atoms with Crippen molar-refractivity contribution in [1.82, 2.24) is 4.90 Å². The maximum Gasteiger partial charge on any atom is 0.277 e. The van der Waals surface area contributed by atoms with Crippen molar-refractivity contribution < 1.29 is 14.7 Å². The molecule has 1 saturated heterocycles. The van der Waals surface area contributed by atoms with E-state index in [1.54, 1.807) is 24.3 Å². The number of amides is 2. The molecule has 1 aliphatic rings. The van der Waals surface area contributed by atoms with E-state index in [1.165, 1.54) is 13.1 Å². The van der Waals surface area contributed by atoms with Gasteiger partial charge in [0.1, 0.15) is 11.6 Å². The van der Waals surface area contributed by atoms with Crippen LogP contribution >= 0.6 is 0 Å². The summed E-state index contributed by atoms with van der Waals surface area (Å²) in [6.07, 6.45) is 5.01. The number of aliphatic hydroxyl groups is 1. The molecule has 7 heteroatoms. The Morgan fingerprint density at radius 3 is 2.65 bits per heavy atom. The topological polar surface area (TPSA) is 111 Å². The number of imide groups is 1. The predicted octanol–water partition coefficient (Wildman–Crippen LogP) is 1.79. The Kier molecular flexibility index (Phi) is 6.75. The highest BCUT2D eigenvalue weighted by molar-refractivity contribution is 6.21. The molecule has 1 aliphatic heterocycles. The fourth-order valence-electron chi connectivity index (χ4n) is 3.14. The van der Waals surface area contributed by atoms with Crippen molar-refractivity contribution in [3.63, 3.8) is 0 Å². The number of carbonyl (C=O) groups is 2. The number of nitriles is 1. The van der Waals surface area contributed by atoms with Crippen LogP contribution in [0.1, 0.15) is 32.6 Å². The number of hydrogen-bond acceptors (Lipinski definition) is 6. The van der Waals surface area contributed by atoms with Crippen LogP contribution < -0.4 is 10.6 Å². The number of anilines is 2. The van der Waals surface area contributed by atoms with Gasteiger partial charge >= 0.3 is 0 Å². The molecule has 0 saturated carbocycles. The van der Waals surface area contributed by atoms with Crippen molar-refractivity contribution in [1.29, 1.82) is 5.26 Å². The highest BCUT2D eigenvalue weighted by Gasteiger charge is 2.26. The second kappa shape index (κ2) is 9.02. The van der Waals surface area contributed by atoms with Crippen LogP contribution in [0.5, 0.6) is 0 Å². The number of likely N-dealkylation sites (tertiary alicyclic amines) is 1. The Labute approximate surface area is 153 Å². The second-order valence-corrected chi connectivity index (χ2v) is 6.31. The van der Waals surface area contributed by atoms with Crippen LogP contribution in [0.4, 0.5) is 11.4 Å². The van der Waals surface area contributed by atoms with E-state index >= 15 is 0 Å². The largest absolute Gasteiger partial charge is 0.399 e. The van der Waals surface area contributed by atoms with Gasteiger partial charge in [-0.2, -0.15) is 5.26 Å². The summed E-state index contributed by atoms with van der Waals surface area (Å²) in [5.41, 5.74) is 6.42. The van der Waals surface area contributed by atoms with Crippen molar-refractivity contribution in [3.8, 4) is 6.07 Å². The first-order valence-corrected chi connectivity index (χ1v) is 8.67. The molecule has 1 aromatic carbocycles. The smallest absolute Gasteiger partial charge is 0.277 e. The highest BCUT2D eigenvalue weighted by atomic mass is 16.3. The summed E-state index contributed by atoms with van der Waals surface area (Å²) in [7, 11) is 0. The summed E-state index contributed by atoms with van der Waals surface area (Å²) in [6.45, 7) is 2.04. The molecule has 1 atom stereocenters. The van der Waals surface area contributed by atoms with Gasteiger partial charge in [-0.05, 0) is 49.9 Å². The Balaban J connectivity index is 2.31. The van der Waals surface area contributed by atoms with Crippen LogP contribution in [0.3, 0.4) is 0 Å². The minimum absolute atomic E-state index is 0.0514. The molecule has 2 amide bonds. The molecule has 0 radical (unpaired) electrons. The highest BCUT2D eigenvalue weighted by Crippen LogP contribution is 2.23. The van der Waals surface area contributed by atoms with E-state index in [4.69, 9.17) is 5.73 Å². The van der Waals surface area contributed by atoms with Gasteiger partial charge in [-0.3, -0.25) is 9.59 Å². The summed E-state index contributed by atoms with van der Waals surface area (Å²) in [6, 6.07) is 8.33. The third-order valence-corrected chi connectivity index (χ3v) is 4.45. The van der Waals surface area contributed by atoms with Gasteiger partial charge in [-0.15, -0.1) is 0 Å². The van der Waals surface area contributed by atoms with Crippen molar-refractivity contribution in [2.45, 2.75) is 38.6 Å². The second-order valence-electron chi connectivity index (χ2n) is 6.31. The molecule has 0 aromatic heterocycles. The SMILES string of the molecule is CC(=O)N(C(=O)/C(C#N)=C\N1CCCCC1CCO)c1ccc(N)cc1. The van der Waals surface area contributed by atoms with Crippen molar-refractivity contribution in [2.24, 2.45) is 0 Å². The first-order chi connectivity index (χ1) is 12.5. The lowest BCUT2D eigenvalue weighted by molar-refractivity contribution is -0.123. The molecule has 0 spiro atoms. The zero-order chi connectivity index (χ0) is 19.1. The molecular formula is C19H24N4O3. The van der Waals surface area contributed by atoms with Crippen LogP contribution in [0.15, 0.2) is 36.0 Å². The third kappa shape index (κ3) is 4.61. The van der Waals surface area contributed by atoms with Gasteiger partial charge in [-0.1, -0.05) is 0 Å². The summed E-state index contributed by atoms with van der Waals surface area (Å²) in [5, 5.41) is 18.7. The molecule has 1 fully saturated rings. The lowest BCUT2D eigenvalue weighted by atomic mass is 10.00. The summed E-state index contributed by atoms with van der Waals surface area (Å²) >= 11 is 0. The Morgan fingerprint density at radius 2 is 2.08 bits per heavy atom. The van der Waals surface area contributed by atoms with Crippen molar-refractivity contribution in [2.75, 3.05) is 23.8 Å². The molecule has 1 unspecified atom stereocenters. The number of rotatable bonds is 5. The Hall–Kier alpha value is -2.85. The summed E-state index contributed by atoms with van der Waals surface area (Å²) in [4.78, 5) is 27.8. The monoisotopic (exact) mass is 356 g/mol. The average Bonchev–Trinajstić information content (AvgIpc) is 2.62. The van der Waals surface area contributed by atoms with Gasteiger partial charge in [0.2, 0.25) is 5.91 Å². The number of hydrogen-bond donors (Lipinski definition) is 2. The average molecular weight is 356 g/mol. The fraction of sp³-hybridized carbons (Fsp3) is 0.421. The minimum atomic E-state index is -0.668. The first kappa shape index (κ1) is 19.5. The molecular weight excluding hydrogens is 332 g/mol. The van der Waals surface area contributed by atoms with E-state index in [2.05, 4.69) is 0 Å². The number of aliphatic hydroxyl groups excluding tert-OH is 1. The Bertz CT molecular complexity index is 719. The fourth-order valence-corrected chi connectivity index (χ4v) is 3.14. The Morgan fingerprint density at radius 1 is 1.38 bits per heavy atom. The van der Waals surface area contributed by atoms with E-state index in [-0.39, 0.29) is 18.2 Å². The van der Waals surface area contributed by atoms with E-state index < -0.39 is 11.8 Å². The number of carbonyl (C=O) groups excluding carboxylic acids is 2. The molecule has 1 aromatic rings. The van der Waals surface area contributed by atoms with Crippen molar-refractivity contribution >= 4 is 23.2 Å². The van der Waals surface area contributed by atoms with Crippen LogP contribution in [0, 0.1) is 11.3 Å². The number of piperidine rings is 1. The number of nitrogens with zero attached hydrogens (tertiary/aromatic N) is 3. The number of nitrogens with two attached hydrogens (primary N) is 1. The van der Waals surface area contributed by atoms with Crippen molar-refractivity contribution in [3.05, 3.63) is 36.0 Å². The number of nitrogen functional groups attached to an aromatic ring is 1. The zero-order valence-corrected chi connectivity index (χ0v) is 14.9. The molecule has 2 rings (SSSR count). The van der Waals surface area contributed by atoms with Crippen LogP contribution in [0.2, 0.25) is 0 Å². The molecule has 26 heavy (non-hydrogen) atoms. The molecule has 1 heterocycles. The van der Waals surface area contributed by atoms with Crippen LogP contribution in [0.25, 0.3) is 0 Å². The first-order valence-electron chi connectivity index (χ1n) is 8.67. The van der Waals surface area contributed by atoms with Crippen LogP contribution in [-0.4, -0.2) is 41.0 Å². The molecule has 7 nitrogen and oxygen atoms in total. The van der Waals surface area contributed by atoms with Gasteiger partial charge in [0, 0.05) is 38.0 Å². The lowest BCUT2D eigenvalue weighted by Gasteiger charge is -2.35. The van der Waals surface area contributed by atoms with Gasteiger partial charge in [0.15, 0.2) is 0 Å². The van der Waals surface area contributed by atoms with E-state index in [0.717, 1.165) is 24.2 Å². The zero-order valence-electron chi connectivity index (χ0n) is 14.9.